The molecule has 0 N–H and O–H groups in total. The number of nitrogens with zero attached hydrogens (tertiary/aromatic N) is 3. The lowest BCUT2D eigenvalue weighted by Crippen LogP contribution is -2.41. The lowest BCUT2D eigenvalue weighted by Gasteiger charge is -2.32. The van der Waals surface area contributed by atoms with Crippen LogP contribution in [0, 0.1) is 6.92 Å². The fraction of sp³-hybridized carbons (Fsp3) is 0.353. The van der Waals surface area contributed by atoms with Crippen LogP contribution in [-0.4, -0.2) is 40.2 Å². The Morgan fingerprint density at radius 2 is 2.05 bits per heavy atom. The van der Waals surface area contributed by atoms with Gasteiger partial charge in [0.1, 0.15) is 6.10 Å². The van der Waals surface area contributed by atoms with Crippen molar-refractivity contribution < 1.29 is 9.53 Å². The second kappa shape index (κ2) is 6.56. The number of piperidine rings is 1. The summed E-state index contributed by atoms with van der Waals surface area (Å²) in [5.41, 5.74) is 1.86. The van der Waals surface area contributed by atoms with Gasteiger partial charge in [0.2, 0.25) is 5.88 Å². The molecule has 1 aromatic carbocycles. The van der Waals surface area contributed by atoms with Gasteiger partial charge < -0.3 is 9.64 Å². The molecule has 5 heteroatoms. The third-order valence-electron chi connectivity index (χ3n) is 3.83. The summed E-state index contributed by atoms with van der Waals surface area (Å²) in [5, 5.41) is 7.73. The van der Waals surface area contributed by atoms with E-state index >= 15 is 0 Å². The van der Waals surface area contributed by atoms with Crippen molar-refractivity contribution in [3.63, 3.8) is 0 Å². The molecule has 0 saturated carbocycles. The van der Waals surface area contributed by atoms with E-state index in [0.717, 1.165) is 24.0 Å². The van der Waals surface area contributed by atoms with Gasteiger partial charge in [-0.3, -0.25) is 4.79 Å². The van der Waals surface area contributed by atoms with Crippen molar-refractivity contribution in [2.75, 3.05) is 13.1 Å². The Morgan fingerprint density at radius 3 is 2.73 bits per heavy atom. The largest absolute Gasteiger partial charge is 0.473 e. The number of hydrogen-bond acceptors (Lipinski definition) is 4. The van der Waals surface area contributed by atoms with Crippen molar-refractivity contribution in [1.29, 1.82) is 0 Å². The van der Waals surface area contributed by atoms with Crippen LogP contribution in [0.4, 0.5) is 0 Å². The molecule has 114 valence electrons. The minimum Gasteiger partial charge on any atom is -0.473 e. The van der Waals surface area contributed by atoms with Crippen LogP contribution in [-0.2, 0) is 0 Å². The Kier molecular flexibility index (Phi) is 4.32. The summed E-state index contributed by atoms with van der Waals surface area (Å²) in [4.78, 5) is 14.4. The number of benzene rings is 1. The first-order valence-electron chi connectivity index (χ1n) is 7.53. The second-order valence-electron chi connectivity index (χ2n) is 5.54. The Balaban J connectivity index is 1.56. The SMILES string of the molecule is Cc1cccc(C(=O)N2CCC(Oc3cccnn3)CC2)c1. The van der Waals surface area contributed by atoms with Crippen LogP contribution in [0.2, 0.25) is 0 Å². The first-order chi connectivity index (χ1) is 10.7. The van der Waals surface area contributed by atoms with Crippen LogP contribution in [0.5, 0.6) is 5.88 Å². The molecule has 1 saturated heterocycles. The first-order valence-corrected chi connectivity index (χ1v) is 7.53. The minimum atomic E-state index is 0.0956. The highest BCUT2D eigenvalue weighted by atomic mass is 16.5. The van der Waals surface area contributed by atoms with E-state index in [9.17, 15) is 4.79 Å². The smallest absolute Gasteiger partial charge is 0.253 e. The normalized spacial score (nSPS) is 15.6. The van der Waals surface area contributed by atoms with Crippen LogP contribution in [0.3, 0.4) is 0 Å². The molecule has 1 amide bonds. The van der Waals surface area contributed by atoms with Gasteiger partial charge in [-0.2, -0.15) is 5.10 Å². The van der Waals surface area contributed by atoms with Crippen molar-refractivity contribution in [3.05, 3.63) is 53.7 Å². The molecule has 5 nitrogen and oxygen atoms in total. The monoisotopic (exact) mass is 297 g/mol. The topological polar surface area (TPSA) is 55.3 Å². The van der Waals surface area contributed by atoms with Crippen LogP contribution >= 0.6 is 0 Å². The van der Waals surface area contributed by atoms with Crippen LogP contribution < -0.4 is 4.74 Å². The molecule has 1 aliphatic heterocycles. The molecule has 2 heterocycles. The maximum atomic E-state index is 12.5. The summed E-state index contributed by atoms with van der Waals surface area (Å²) in [6, 6.07) is 11.3. The quantitative estimate of drug-likeness (QED) is 0.873. The average molecular weight is 297 g/mol. The molecule has 0 aliphatic carbocycles. The summed E-state index contributed by atoms with van der Waals surface area (Å²) < 4.78 is 5.80. The zero-order valence-corrected chi connectivity index (χ0v) is 12.6. The van der Waals surface area contributed by atoms with E-state index < -0.39 is 0 Å². The average Bonchev–Trinajstić information content (AvgIpc) is 2.56. The molecule has 0 atom stereocenters. The number of ether oxygens (including phenoxy) is 1. The molecule has 2 aromatic rings. The summed E-state index contributed by atoms with van der Waals surface area (Å²) in [7, 11) is 0. The van der Waals surface area contributed by atoms with Crippen molar-refractivity contribution >= 4 is 5.91 Å². The van der Waals surface area contributed by atoms with Gasteiger partial charge in [-0.1, -0.05) is 17.7 Å². The van der Waals surface area contributed by atoms with Crippen molar-refractivity contribution in [1.82, 2.24) is 15.1 Å². The third kappa shape index (κ3) is 3.42. The lowest BCUT2D eigenvalue weighted by atomic mass is 10.1. The second-order valence-corrected chi connectivity index (χ2v) is 5.54. The predicted molar refractivity (Wildman–Crippen MR) is 82.8 cm³/mol. The van der Waals surface area contributed by atoms with Gasteiger partial charge in [0.05, 0.1) is 0 Å². The zero-order chi connectivity index (χ0) is 15.4. The van der Waals surface area contributed by atoms with Crippen molar-refractivity contribution in [3.8, 4) is 5.88 Å². The highest BCUT2D eigenvalue weighted by molar-refractivity contribution is 5.94. The van der Waals surface area contributed by atoms with E-state index in [-0.39, 0.29) is 12.0 Å². The number of carbonyl (C=O) groups excluding carboxylic acids is 1. The fourth-order valence-corrected chi connectivity index (χ4v) is 2.66. The van der Waals surface area contributed by atoms with Gasteiger partial charge >= 0.3 is 0 Å². The van der Waals surface area contributed by atoms with Crippen LogP contribution in [0.15, 0.2) is 42.6 Å². The molecule has 0 bridgehead atoms. The molecule has 0 spiro atoms. The Hall–Kier alpha value is -2.43. The molecule has 1 aliphatic rings. The van der Waals surface area contributed by atoms with E-state index in [1.807, 2.05) is 36.1 Å². The fourth-order valence-electron chi connectivity index (χ4n) is 2.66. The number of carbonyl (C=O) groups is 1. The van der Waals surface area contributed by atoms with Gasteiger partial charge in [-0.05, 0) is 25.1 Å². The molecule has 22 heavy (non-hydrogen) atoms. The molecule has 0 unspecified atom stereocenters. The highest BCUT2D eigenvalue weighted by Gasteiger charge is 2.24. The van der Waals surface area contributed by atoms with E-state index in [1.54, 1.807) is 18.3 Å². The Bertz CT molecular complexity index is 637. The van der Waals surface area contributed by atoms with E-state index in [4.69, 9.17) is 4.74 Å². The highest BCUT2D eigenvalue weighted by Crippen LogP contribution is 2.18. The van der Waals surface area contributed by atoms with E-state index in [2.05, 4.69) is 10.2 Å². The predicted octanol–water partition coefficient (Wildman–Crippen LogP) is 2.47. The summed E-state index contributed by atoms with van der Waals surface area (Å²) >= 11 is 0. The van der Waals surface area contributed by atoms with Gasteiger partial charge in [0.25, 0.3) is 5.91 Å². The summed E-state index contributed by atoms with van der Waals surface area (Å²) in [6.07, 6.45) is 3.34. The first kappa shape index (κ1) is 14.5. The number of hydrogen-bond donors (Lipinski definition) is 0. The van der Waals surface area contributed by atoms with Crippen molar-refractivity contribution in [2.24, 2.45) is 0 Å². The lowest BCUT2D eigenvalue weighted by molar-refractivity contribution is 0.0586. The summed E-state index contributed by atoms with van der Waals surface area (Å²) in [5.74, 6) is 0.646. The molecule has 1 fully saturated rings. The Morgan fingerprint density at radius 1 is 1.23 bits per heavy atom. The standard InChI is InChI=1S/C17H19N3O2/c1-13-4-2-5-14(12-13)17(21)20-10-7-15(8-11-20)22-16-6-3-9-18-19-16/h2-6,9,12,15H,7-8,10-11H2,1H3. The van der Waals surface area contributed by atoms with Gasteiger partial charge in [-0.15, -0.1) is 5.10 Å². The molecule has 3 rings (SSSR count). The number of rotatable bonds is 3. The zero-order valence-electron chi connectivity index (χ0n) is 12.6. The van der Waals surface area contributed by atoms with Crippen molar-refractivity contribution in [2.45, 2.75) is 25.9 Å². The van der Waals surface area contributed by atoms with Gasteiger partial charge in [0, 0.05) is 43.8 Å². The summed E-state index contributed by atoms with van der Waals surface area (Å²) in [6.45, 7) is 3.41. The number of amides is 1. The number of aromatic nitrogens is 2. The van der Waals surface area contributed by atoms with Gasteiger partial charge in [0.15, 0.2) is 0 Å². The number of likely N-dealkylation sites (tertiary alicyclic amines) is 1. The molecule has 1 aromatic heterocycles. The maximum absolute atomic E-state index is 12.5. The van der Waals surface area contributed by atoms with Crippen LogP contribution in [0.1, 0.15) is 28.8 Å². The molecular weight excluding hydrogens is 278 g/mol. The van der Waals surface area contributed by atoms with E-state index in [0.29, 0.717) is 19.0 Å². The third-order valence-corrected chi connectivity index (χ3v) is 3.83. The van der Waals surface area contributed by atoms with E-state index in [1.165, 1.54) is 0 Å². The minimum absolute atomic E-state index is 0.0956. The molecular formula is C17H19N3O2. The van der Waals surface area contributed by atoms with Gasteiger partial charge in [-0.25, -0.2) is 0 Å². The van der Waals surface area contributed by atoms with Crippen LogP contribution in [0.25, 0.3) is 0 Å². The Labute approximate surface area is 129 Å². The molecule has 0 radical (unpaired) electrons. The maximum Gasteiger partial charge on any atom is 0.253 e. The number of aryl methyl sites for hydroxylation is 1.